The summed E-state index contributed by atoms with van der Waals surface area (Å²) in [7, 11) is -5.98. The molecule has 3 aliphatic rings. The normalized spacial score (nSPS) is 32.7. The monoisotopic (exact) mass is 502 g/mol. The molecule has 1 aromatic rings. The summed E-state index contributed by atoms with van der Waals surface area (Å²) in [6.07, 6.45) is 5.39. The van der Waals surface area contributed by atoms with Gasteiger partial charge in [0.05, 0.1) is 10.7 Å². The van der Waals surface area contributed by atoms with Crippen molar-refractivity contribution in [2.24, 2.45) is 17.3 Å². The van der Waals surface area contributed by atoms with Crippen LogP contribution in [0.4, 0.5) is 0 Å². The van der Waals surface area contributed by atoms with Crippen LogP contribution in [0.1, 0.15) is 79.6 Å². The van der Waals surface area contributed by atoms with E-state index in [1.807, 2.05) is 13.0 Å². The maximum Gasteiger partial charge on any atom is 0.250 e. The van der Waals surface area contributed by atoms with E-state index in [4.69, 9.17) is 4.43 Å². The minimum absolute atomic E-state index is 0.0462. The Bertz CT molecular complexity index is 1100. The van der Waals surface area contributed by atoms with Crippen LogP contribution in [0.2, 0.25) is 18.1 Å². The van der Waals surface area contributed by atoms with Gasteiger partial charge < -0.3 is 4.43 Å². The Balaban J connectivity index is 1.90. The van der Waals surface area contributed by atoms with E-state index < -0.39 is 22.9 Å². The Kier molecular flexibility index (Phi) is 6.29. The predicted octanol–water partition coefficient (Wildman–Crippen LogP) is 7.07. The molecule has 3 aliphatic carbocycles. The molecule has 0 aromatic heterocycles. The number of benzene rings is 1. The van der Waals surface area contributed by atoms with Crippen molar-refractivity contribution in [1.29, 1.82) is 0 Å². The van der Waals surface area contributed by atoms with Gasteiger partial charge in [0.2, 0.25) is 8.32 Å². The maximum atomic E-state index is 14.4. The third-order valence-corrected chi connectivity index (χ3v) is 16.7. The van der Waals surface area contributed by atoms with E-state index in [0.717, 1.165) is 37.0 Å². The van der Waals surface area contributed by atoms with Crippen LogP contribution in [0.15, 0.2) is 46.6 Å². The van der Waals surface area contributed by atoms with Crippen molar-refractivity contribution in [3.05, 3.63) is 41.7 Å². The highest BCUT2D eigenvalue weighted by Crippen LogP contribution is 2.63. The predicted molar refractivity (Wildman–Crippen MR) is 140 cm³/mol. The molecule has 1 aromatic carbocycles. The second-order valence-electron chi connectivity index (χ2n) is 12.8. The molecule has 0 N–H and O–H groups in total. The number of carbonyl (C=O) groups is 1. The first-order chi connectivity index (χ1) is 15.7. The third-order valence-electron chi connectivity index (χ3n) is 9.82. The van der Waals surface area contributed by atoms with Crippen LogP contribution in [-0.2, 0) is 19.1 Å². The molecular formula is C28H42O4SSi. The van der Waals surface area contributed by atoms with Crippen LogP contribution in [0.5, 0.6) is 0 Å². The Morgan fingerprint density at radius 3 is 2.32 bits per heavy atom. The quantitative estimate of drug-likeness (QED) is 0.413. The van der Waals surface area contributed by atoms with Crippen LogP contribution in [0.3, 0.4) is 0 Å². The van der Waals surface area contributed by atoms with E-state index >= 15 is 0 Å². The van der Waals surface area contributed by atoms with Crippen LogP contribution in [0.25, 0.3) is 0 Å². The lowest BCUT2D eigenvalue weighted by molar-refractivity contribution is -0.137. The van der Waals surface area contributed by atoms with Crippen molar-refractivity contribution in [2.45, 2.75) is 107 Å². The van der Waals surface area contributed by atoms with E-state index in [0.29, 0.717) is 12.8 Å². The van der Waals surface area contributed by atoms with Crippen LogP contribution in [-0.4, -0.2) is 27.3 Å². The molecule has 4 rings (SSSR count). The molecule has 4 atom stereocenters. The van der Waals surface area contributed by atoms with Gasteiger partial charge in [0.25, 0.3) is 0 Å². The highest BCUT2D eigenvalue weighted by atomic mass is 32.2. The number of Topliss-reactive ketones (excluding diaryl/α,β-unsaturated/α-hetero) is 1. The third kappa shape index (κ3) is 3.75. The summed E-state index contributed by atoms with van der Waals surface area (Å²) in [5.74, 6) is 0.873. The molecule has 0 radical (unpaired) electrons. The number of carbonyl (C=O) groups excluding carboxylic acids is 1. The fourth-order valence-electron chi connectivity index (χ4n) is 6.65. The lowest BCUT2D eigenvalue weighted by Gasteiger charge is -2.59. The number of ketones is 1. The first-order valence-corrected chi connectivity index (χ1v) is 17.3. The lowest BCUT2D eigenvalue weighted by atomic mass is 9.49. The average molecular weight is 503 g/mol. The Hall–Kier alpha value is -1.40. The summed E-state index contributed by atoms with van der Waals surface area (Å²) < 4.78 is 34.2. The summed E-state index contributed by atoms with van der Waals surface area (Å²) in [6.45, 7) is 15.4. The van der Waals surface area contributed by atoms with Gasteiger partial charge in [-0.25, -0.2) is 8.42 Å². The van der Waals surface area contributed by atoms with Crippen LogP contribution >= 0.6 is 0 Å². The molecule has 0 spiro atoms. The molecule has 4 nitrogen and oxygen atoms in total. The summed E-state index contributed by atoms with van der Waals surface area (Å²) in [5.41, 5.74) is 0.753. The minimum Gasteiger partial charge on any atom is -0.547 e. The van der Waals surface area contributed by atoms with Crippen LogP contribution in [0, 0.1) is 17.3 Å². The van der Waals surface area contributed by atoms with E-state index in [1.165, 1.54) is 0 Å². The highest BCUT2D eigenvalue weighted by Gasteiger charge is 2.67. The van der Waals surface area contributed by atoms with Gasteiger partial charge in [-0.05, 0) is 79.3 Å². The number of allylic oxidation sites excluding steroid dienone is 2. The SMILES string of the molecule is CC1=C(O[Si](C)(C)C(C)(C)C)C[C@@H]2[C@]3(C)CCCC[C@H]3CC(=O)[C@]2(S(=O)(=O)c2ccccc2)C1. The smallest absolute Gasteiger partial charge is 0.250 e. The molecule has 0 saturated heterocycles. The molecule has 2 fully saturated rings. The summed E-state index contributed by atoms with van der Waals surface area (Å²) in [5, 5.41) is 0.0462. The summed E-state index contributed by atoms with van der Waals surface area (Å²) in [6, 6.07) is 8.66. The zero-order valence-electron chi connectivity index (χ0n) is 22.0. The zero-order chi connectivity index (χ0) is 25.2. The van der Waals surface area contributed by atoms with E-state index in [9.17, 15) is 13.2 Å². The Morgan fingerprint density at radius 2 is 1.71 bits per heavy atom. The van der Waals surface area contributed by atoms with Gasteiger partial charge in [0.15, 0.2) is 15.6 Å². The summed E-state index contributed by atoms with van der Waals surface area (Å²) in [4.78, 5) is 14.3. The van der Waals surface area contributed by atoms with Gasteiger partial charge in [0, 0.05) is 12.8 Å². The van der Waals surface area contributed by atoms with E-state index in [2.05, 4.69) is 40.8 Å². The van der Waals surface area contributed by atoms with Gasteiger partial charge in [0.1, 0.15) is 4.75 Å². The van der Waals surface area contributed by atoms with Crippen molar-refractivity contribution < 1.29 is 17.6 Å². The number of hydrogen-bond acceptors (Lipinski definition) is 4. The Morgan fingerprint density at radius 1 is 1.06 bits per heavy atom. The summed E-state index contributed by atoms with van der Waals surface area (Å²) >= 11 is 0. The van der Waals surface area contributed by atoms with Gasteiger partial charge in [-0.1, -0.05) is 58.7 Å². The fraction of sp³-hybridized carbons (Fsp3) is 0.679. The molecule has 188 valence electrons. The van der Waals surface area contributed by atoms with Crippen LogP contribution < -0.4 is 0 Å². The molecule has 34 heavy (non-hydrogen) atoms. The number of rotatable bonds is 4. The molecule has 0 amide bonds. The molecule has 0 heterocycles. The van der Waals surface area contributed by atoms with Gasteiger partial charge >= 0.3 is 0 Å². The molecule has 0 aliphatic heterocycles. The second-order valence-corrected chi connectivity index (χ2v) is 19.7. The first kappa shape index (κ1) is 25.7. The maximum absolute atomic E-state index is 14.4. The van der Waals surface area contributed by atoms with Crippen molar-refractivity contribution in [2.75, 3.05) is 0 Å². The molecule has 2 saturated carbocycles. The topological polar surface area (TPSA) is 60.4 Å². The molecule has 0 bridgehead atoms. The second kappa shape index (κ2) is 8.33. The minimum atomic E-state index is -3.88. The lowest BCUT2D eigenvalue weighted by Crippen LogP contribution is -2.65. The number of hydrogen-bond donors (Lipinski definition) is 0. The van der Waals surface area contributed by atoms with E-state index in [-0.39, 0.29) is 39.4 Å². The first-order valence-electron chi connectivity index (χ1n) is 12.9. The highest BCUT2D eigenvalue weighted by molar-refractivity contribution is 7.93. The van der Waals surface area contributed by atoms with Crippen molar-refractivity contribution in [1.82, 2.24) is 0 Å². The number of fused-ring (bicyclic) bond motifs is 3. The standard InChI is InChI=1S/C28H42O4SSi/c1-20-19-28(33(30,31)22-14-9-8-10-15-22)24(18-23(20)32-34(6,7)26(2,3)4)27(5)16-12-11-13-21(27)17-25(28)29/h8-10,14-15,21,24H,11-13,16-19H2,1-7H3/t21-,24+,27+,28-/m0/s1. The Labute approximate surface area is 207 Å². The zero-order valence-corrected chi connectivity index (χ0v) is 23.8. The molecule has 6 heteroatoms. The van der Waals surface area contributed by atoms with Crippen molar-refractivity contribution >= 4 is 23.9 Å². The molecular weight excluding hydrogens is 460 g/mol. The van der Waals surface area contributed by atoms with Crippen molar-refractivity contribution in [3.63, 3.8) is 0 Å². The molecule has 0 unspecified atom stereocenters. The average Bonchev–Trinajstić information content (AvgIpc) is 2.75. The van der Waals surface area contributed by atoms with Gasteiger partial charge in [-0.3, -0.25) is 4.79 Å². The van der Waals surface area contributed by atoms with Gasteiger partial charge in [-0.15, -0.1) is 0 Å². The van der Waals surface area contributed by atoms with Gasteiger partial charge in [-0.2, -0.15) is 0 Å². The number of sulfone groups is 1. The largest absolute Gasteiger partial charge is 0.547 e. The fourth-order valence-corrected chi connectivity index (χ4v) is 10.3. The van der Waals surface area contributed by atoms with Crippen molar-refractivity contribution in [3.8, 4) is 0 Å². The van der Waals surface area contributed by atoms with E-state index in [1.54, 1.807) is 24.3 Å².